The molecule has 0 heterocycles. The Bertz CT molecular complexity index is 321. The van der Waals surface area contributed by atoms with E-state index in [2.05, 4.69) is 0 Å². The molecule has 0 rings (SSSR count). The third-order valence-electron chi connectivity index (χ3n) is 1.59. The number of sulfone groups is 1. The fraction of sp³-hybridized carbons (Fsp3) is 0.714. The van der Waals surface area contributed by atoms with E-state index in [1.165, 1.54) is 11.9 Å². The second kappa shape index (κ2) is 4.94. The van der Waals surface area contributed by atoms with E-state index < -0.39 is 33.2 Å². The summed E-state index contributed by atoms with van der Waals surface area (Å²) in [4.78, 5) is 22.5. The van der Waals surface area contributed by atoms with Crippen LogP contribution in [0.15, 0.2) is 0 Å². The van der Waals surface area contributed by atoms with Crippen molar-refractivity contribution in [2.45, 2.75) is 6.92 Å². The Morgan fingerprint density at radius 2 is 1.79 bits per heavy atom. The van der Waals surface area contributed by atoms with E-state index in [1.54, 1.807) is 6.92 Å². The van der Waals surface area contributed by atoms with Gasteiger partial charge < -0.3 is 10.0 Å². The number of hydrogen-bond donors (Lipinski definition) is 1. The molecule has 0 spiro atoms. The molecule has 0 aromatic rings. The molecule has 0 aromatic heterocycles. The van der Waals surface area contributed by atoms with Gasteiger partial charge in [0.1, 0.15) is 11.5 Å². The highest BCUT2D eigenvalue weighted by molar-refractivity contribution is 7.92. The average molecular weight is 223 g/mol. The summed E-state index contributed by atoms with van der Waals surface area (Å²) in [6, 6.07) is 0. The van der Waals surface area contributed by atoms with E-state index in [4.69, 9.17) is 5.11 Å². The zero-order valence-electron chi connectivity index (χ0n) is 8.06. The molecule has 14 heavy (non-hydrogen) atoms. The third kappa shape index (κ3) is 4.80. The van der Waals surface area contributed by atoms with Crippen LogP contribution in [-0.2, 0) is 19.4 Å². The number of aliphatic carboxylic acids is 1. The topological polar surface area (TPSA) is 91.8 Å². The fourth-order valence-electron chi connectivity index (χ4n) is 0.714. The van der Waals surface area contributed by atoms with Gasteiger partial charge in [0.2, 0.25) is 5.91 Å². The second-order valence-electron chi connectivity index (χ2n) is 2.83. The Hall–Kier alpha value is -1.11. The molecule has 0 aliphatic carbocycles. The van der Waals surface area contributed by atoms with E-state index in [-0.39, 0.29) is 0 Å². The highest BCUT2D eigenvalue weighted by atomic mass is 32.2. The van der Waals surface area contributed by atoms with E-state index in [1.807, 2.05) is 0 Å². The van der Waals surface area contributed by atoms with Gasteiger partial charge in [-0.2, -0.15) is 0 Å². The van der Waals surface area contributed by atoms with Gasteiger partial charge in [0, 0.05) is 13.6 Å². The van der Waals surface area contributed by atoms with Crippen LogP contribution in [0.2, 0.25) is 0 Å². The Labute approximate surface area is 82.4 Å². The zero-order chi connectivity index (χ0) is 11.4. The van der Waals surface area contributed by atoms with Crippen LogP contribution >= 0.6 is 0 Å². The first-order chi connectivity index (χ1) is 6.28. The number of carboxylic acids is 1. The van der Waals surface area contributed by atoms with Crippen molar-refractivity contribution in [1.82, 2.24) is 4.90 Å². The van der Waals surface area contributed by atoms with Crippen LogP contribution in [0.3, 0.4) is 0 Å². The van der Waals surface area contributed by atoms with Crippen LogP contribution in [0.25, 0.3) is 0 Å². The molecular weight excluding hydrogens is 210 g/mol. The van der Waals surface area contributed by atoms with Crippen molar-refractivity contribution >= 4 is 21.7 Å². The molecule has 0 atom stereocenters. The van der Waals surface area contributed by atoms with Crippen LogP contribution in [0.1, 0.15) is 6.92 Å². The number of carbonyl (C=O) groups is 2. The minimum absolute atomic E-state index is 0.390. The molecule has 7 heteroatoms. The lowest BCUT2D eigenvalue weighted by molar-refractivity contribution is -0.134. The zero-order valence-corrected chi connectivity index (χ0v) is 8.87. The smallest absolute Gasteiger partial charge is 0.318 e. The summed E-state index contributed by atoms with van der Waals surface area (Å²) in [5.74, 6) is -3.79. The molecule has 0 unspecified atom stereocenters. The molecular formula is C7H13NO5S. The van der Waals surface area contributed by atoms with Crippen LogP contribution in [0.4, 0.5) is 0 Å². The first-order valence-electron chi connectivity index (χ1n) is 3.94. The van der Waals surface area contributed by atoms with Crippen molar-refractivity contribution in [3.05, 3.63) is 0 Å². The number of nitrogens with zero attached hydrogens (tertiary/aromatic N) is 1. The maximum Gasteiger partial charge on any atom is 0.318 e. The summed E-state index contributed by atoms with van der Waals surface area (Å²) in [5.41, 5.74) is 0. The van der Waals surface area contributed by atoms with E-state index in [0.29, 0.717) is 6.54 Å². The molecule has 0 saturated heterocycles. The number of rotatable bonds is 5. The van der Waals surface area contributed by atoms with E-state index in [9.17, 15) is 18.0 Å². The number of carboxylic acid groups (broad SMARTS) is 1. The van der Waals surface area contributed by atoms with Gasteiger partial charge >= 0.3 is 5.97 Å². The molecule has 0 aromatic carbocycles. The standard InChI is InChI=1S/C7H13NO5S/c1-3-8(2)6(9)4-14(12,13)5-7(10)11/h3-5H2,1-2H3,(H,10,11). The van der Waals surface area contributed by atoms with Gasteiger partial charge in [0.25, 0.3) is 0 Å². The first-order valence-corrected chi connectivity index (χ1v) is 5.77. The van der Waals surface area contributed by atoms with Gasteiger partial charge in [-0.3, -0.25) is 9.59 Å². The predicted molar refractivity (Wildman–Crippen MR) is 49.6 cm³/mol. The van der Waals surface area contributed by atoms with Crippen LogP contribution in [-0.4, -0.2) is 55.4 Å². The molecule has 1 N–H and O–H groups in total. The second-order valence-corrected chi connectivity index (χ2v) is 4.90. The lowest BCUT2D eigenvalue weighted by Gasteiger charge is -2.13. The minimum Gasteiger partial charge on any atom is -0.480 e. The predicted octanol–water partition coefficient (Wildman–Crippen LogP) is -1.04. The fourth-order valence-corrected chi connectivity index (χ4v) is 1.79. The third-order valence-corrected chi connectivity index (χ3v) is 2.96. The van der Waals surface area contributed by atoms with Gasteiger partial charge in [-0.1, -0.05) is 0 Å². The molecule has 0 aliphatic rings. The van der Waals surface area contributed by atoms with Crippen LogP contribution < -0.4 is 0 Å². The van der Waals surface area contributed by atoms with Gasteiger partial charge in [0.15, 0.2) is 9.84 Å². The average Bonchev–Trinajstić information content (AvgIpc) is 1.99. The summed E-state index contributed by atoms with van der Waals surface area (Å²) in [6.07, 6.45) is 0. The minimum atomic E-state index is -3.83. The van der Waals surface area contributed by atoms with Crippen LogP contribution in [0, 0.1) is 0 Å². The van der Waals surface area contributed by atoms with Gasteiger partial charge in [-0.25, -0.2) is 8.42 Å². The largest absolute Gasteiger partial charge is 0.480 e. The molecule has 0 saturated carbocycles. The molecule has 6 nitrogen and oxygen atoms in total. The monoisotopic (exact) mass is 223 g/mol. The normalized spacial score (nSPS) is 11.0. The van der Waals surface area contributed by atoms with Crippen molar-refractivity contribution in [2.75, 3.05) is 25.1 Å². The lowest BCUT2D eigenvalue weighted by atomic mass is 10.5. The summed E-state index contributed by atoms with van der Waals surface area (Å²) < 4.78 is 22.1. The Morgan fingerprint density at radius 1 is 1.29 bits per heavy atom. The van der Waals surface area contributed by atoms with Crippen molar-refractivity contribution < 1.29 is 23.1 Å². The Balaban J connectivity index is 4.38. The van der Waals surface area contributed by atoms with Crippen LogP contribution in [0.5, 0.6) is 0 Å². The molecule has 1 amide bonds. The summed E-state index contributed by atoms with van der Waals surface area (Å²) in [6.45, 7) is 2.09. The molecule has 0 fully saturated rings. The number of hydrogen-bond acceptors (Lipinski definition) is 4. The van der Waals surface area contributed by atoms with E-state index in [0.717, 1.165) is 0 Å². The van der Waals surface area contributed by atoms with Crippen molar-refractivity contribution in [3.8, 4) is 0 Å². The maximum absolute atomic E-state index is 11.1. The lowest BCUT2D eigenvalue weighted by Crippen LogP contribution is -2.34. The molecule has 0 aliphatic heterocycles. The van der Waals surface area contributed by atoms with Gasteiger partial charge in [-0.15, -0.1) is 0 Å². The van der Waals surface area contributed by atoms with Gasteiger partial charge in [-0.05, 0) is 6.92 Å². The summed E-state index contributed by atoms with van der Waals surface area (Å²) >= 11 is 0. The number of carbonyl (C=O) groups excluding carboxylic acids is 1. The Kier molecular flexibility index (Phi) is 4.55. The SMILES string of the molecule is CCN(C)C(=O)CS(=O)(=O)CC(=O)O. The Morgan fingerprint density at radius 3 is 2.14 bits per heavy atom. The first kappa shape index (κ1) is 12.9. The number of amides is 1. The molecule has 82 valence electrons. The highest BCUT2D eigenvalue weighted by Crippen LogP contribution is 1.94. The van der Waals surface area contributed by atoms with E-state index >= 15 is 0 Å². The summed E-state index contributed by atoms with van der Waals surface area (Å²) in [7, 11) is -2.37. The highest BCUT2D eigenvalue weighted by Gasteiger charge is 2.21. The van der Waals surface area contributed by atoms with Crippen molar-refractivity contribution in [1.29, 1.82) is 0 Å². The molecule has 0 radical (unpaired) electrons. The van der Waals surface area contributed by atoms with Crippen molar-refractivity contribution in [3.63, 3.8) is 0 Å². The van der Waals surface area contributed by atoms with Crippen molar-refractivity contribution in [2.24, 2.45) is 0 Å². The summed E-state index contributed by atoms with van der Waals surface area (Å²) in [5, 5.41) is 8.25. The molecule has 0 bridgehead atoms. The quantitative estimate of drug-likeness (QED) is 0.643. The maximum atomic E-state index is 11.1. The van der Waals surface area contributed by atoms with Gasteiger partial charge in [0.05, 0.1) is 0 Å².